The summed E-state index contributed by atoms with van der Waals surface area (Å²) in [6.45, 7) is 3.31. The number of hydrogen-bond acceptors (Lipinski definition) is 3. The first kappa shape index (κ1) is 13.4. The predicted molar refractivity (Wildman–Crippen MR) is 65.9 cm³/mol. The van der Waals surface area contributed by atoms with E-state index in [0.29, 0.717) is 11.1 Å². The minimum atomic E-state index is -0.973. The Kier molecular flexibility index (Phi) is 4.65. The second-order valence-electron chi connectivity index (χ2n) is 3.79. The monoisotopic (exact) mass is 286 g/mol. The molecule has 1 aromatic carbocycles. The van der Waals surface area contributed by atoms with Gasteiger partial charge in [-0.2, -0.15) is 0 Å². The standard InChI is InChI=1S/C12H15BrO3/c1-7-3-4-9(8(2)14)5-10(7)12(16)11(15)6-13/h3-5,11-12,15-16H,6H2,1-2H3. The summed E-state index contributed by atoms with van der Waals surface area (Å²) < 4.78 is 0. The molecular formula is C12H15BrO3. The van der Waals surface area contributed by atoms with E-state index in [1.165, 1.54) is 6.92 Å². The summed E-state index contributed by atoms with van der Waals surface area (Å²) in [5.41, 5.74) is 2.00. The zero-order valence-corrected chi connectivity index (χ0v) is 10.9. The number of benzene rings is 1. The van der Waals surface area contributed by atoms with Gasteiger partial charge in [0.15, 0.2) is 5.78 Å². The number of alkyl halides is 1. The summed E-state index contributed by atoms with van der Waals surface area (Å²) in [6.07, 6.45) is -1.85. The smallest absolute Gasteiger partial charge is 0.159 e. The molecule has 0 aliphatic heterocycles. The van der Waals surface area contributed by atoms with Gasteiger partial charge in [0.2, 0.25) is 0 Å². The molecule has 88 valence electrons. The van der Waals surface area contributed by atoms with Gasteiger partial charge < -0.3 is 10.2 Å². The Morgan fingerprint density at radius 2 is 2.06 bits per heavy atom. The van der Waals surface area contributed by atoms with Gasteiger partial charge in [-0.1, -0.05) is 28.1 Å². The molecule has 0 amide bonds. The van der Waals surface area contributed by atoms with E-state index >= 15 is 0 Å². The molecule has 0 aromatic heterocycles. The molecule has 4 heteroatoms. The molecular weight excluding hydrogens is 272 g/mol. The van der Waals surface area contributed by atoms with Crippen molar-refractivity contribution in [1.82, 2.24) is 0 Å². The van der Waals surface area contributed by atoms with Crippen molar-refractivity contribution in [2.24, 2.45) is 0 Å². The molecule has 0 aliphatic rings. The molecule has 2 atom stereocenters. The number of carbonyl (C=O) groups is 1. The molecule has 0 aliphatic carbocycles. The Labute approximate surface area is 103 Å². The lowest BCUT2D eigenvalue weighted by molar-refractivity contribution is 0.0338. The van der Waals surface area contributed by atoms with Gasteiger partial charge >= 0.3 is 0 Å². The lowest BCUT2D eigenvalue weighted by Gasteiger charge is -2.18. The third-order valence-corrected chi connectivity index (χ3v) is 3.19. The maximum absolute atomic E-state index is 11.2. The molecule has 16 heavy (non-hydrogen) atoms. The fraction of sp³-hybridized carbons (Fsp3) is 0.417. The highest BCUT2D eigenvalue weighted by atomic mass is 79.9. The van der Waals surface area contributed by atoms with Crippen LogP contribution in [0.15, 0.2) is 18.2 Å². The highest BCUT2D eigenvalue weighted by Gasteiger charge is 2.19. The normalized spacial score (nSPS) is 14.6. The van der Waals surface area contributed by atoms with E-state index in [-0.39, 0.29) is 11.1 Å². The van der Waals surface area contributed by atoms with Crippen LogP contribution in [0.2, 0.25) is 0 Å². The van der Waals surface area contributed by atoms with Crippen LogP contribution >= 0.6 is 15.9 Å². The van der Waals surface area contributed by atoms with Crippen LogP contribution in [0.4, 0.5) is 0 Å². The highest BCUT2D eigenvalue weighted by Crippen LogP contribution is 2.23. The third kappa shape index (κ3) is 2.90. The zero-order valence-electron chi connectivity index (χ0n) is 9.27. The summed E-state index contributed by atoms with van der Waals surface area (Å²) in [7, 11) is 0. The van der Waals surface area contributed by atoms with Crippen LogP contribution in [0.5, 0.6) is 0 Å². The Hall–Kier alpha value is -0.710. The summed E-state index contributed by atoms with van der Waals surface area (Å²) in [4.78, 5) is 11.2. The van der Waals surface area contributed by atoms with Crippen molar-refractivity contribution in [3.05, 3.63) is 34.9 Å². The van der Waals surface area contributed by atoms with Gasteiger partial charge in [-0.15, -0.1) is 0 Å². The van der Waals surface area contributed by atoms with E-state index < -0.39 is 12.2 Å². The fourth-order valence-electron chi connectivity index (χ4n) is 1.47. The molecule has 1 aromatic rings. The maximum atomic E-state index is 11.2. The van der Waals surface area contributed by atoms with Gasteiger partial charge in [-0.3, -0.25) is 4.79 Å². The van der Waals surface area contributed by atoms with Crippen molar-refractivity contribution in [3.8, 4) is 0 Å². The number of ketones is 1. The van der Waals surface area contributed by atoms with Gasteiger partial charge in [0, 0.05) is 10.9 Å². The Morgan fingerprint density at radius 1 is 1.44 bits per heavy atom. The number of rotatable bonds is 4. The van der Waals surface area contributed by atoms with Gasteiger partial charge in [0.25, 0.3) is 0 Å². The SMILES string of the molecule is CC(=O)c1ccc(C)c(C(O)C(O)CBr)c1. The quantitative estimate of drug-likeness (QED) is 0.657. The molecule has 0 heterocycles. The van der Waals surface area contributed by atoms with Gasteiger partial charge in [-0.25, -0.2) is 0 Å². The number of carbonyl (C=O) groups excluding carboxylic acids is 1. The molecule has 0 saturated carbocycles. The predicted octanol–water partition coefficient (Wildman–Crippen LogP) is 1.99. The lowest BCUT2D eigenvalue weighted by Crippen LogP contribution is -2.20. The van der Waals surface area contributed by atoms with E-state index in [1.807, 2.05) is 6.92 Å². The zero-order chi connectivity index (χ0) is 12.3. The molecule has 2 unspecified atom stereocenters. The number of aryl methyl sites for hydroxylation is 1. The topological polar surface area (TPSA) is 57.5 Å². The lowest BCUT2D eigenvalue weighted by atomic mass is 9.96. The number of hydrogen-bond donors (Lipinski definition) is 2. The van der Waals surface area contributed by atoms with Crippen molar-refractivity contribution in [2.45, 2.75) is 26.1 Å². The summed E-state index contributed by atoms with van der Waals surface area (Å²) >= 11 is 3.11. The Bertz CT molecular complexity index is 390. The first-order chi connectivity index (χ1) is 7.47. The highest BCUT2D eigenvalue weighted by molar-refractivity contribution is 9.09. The van der Waals surface area contributed by atoms with Gasteiger partial charge in [0.1, 0.15) is 6.10 Å². The minimum absolute atomic E-state index is 0.0539. The van der Waals surface area contributed by atoms with Crippen LogP contribution < -0.4 is 0 Å². The van der Waals surface area contributed by atoms with Crippen molar-refractivity contribution in [3.63, 3.8) is 0 Å². The molecule has 0 radical (unpaired) electrons. The van der Waals surface area contributed by atoms with Crippen LogP contribution in [-0.4, -0.2) is 27.4 Å². The third-order valence-electron chi connectivity index (χ3n) is 2.53. The molecule has 0 bridgehead atoms. The maximum Gasteiger partial charge on any atom is 0.159 e. The van der Waals surface area contributed by atoms with Crippen molar-refractivity contribution in [1.29, 1.82) is 0 Å². The number of aliphatic hydroxyl groups is 2. The molecule has 1 rings (SSSR count). The Morgan fingerprint density at radius 3 is 2.56 bits per heavy atom. The first-order valence-corrected chi connectivity index (χ1v) is 6.13. The van der Waals surface area contributed by atoms with Crippen molar-refractivity contribution < 1.29 is 15.0 Å². The molecule has 0 fully saturated rings. The van der Waals surface area contributed by atoms with E-state index in [9.17, 15) is 15.0 Å². The van der Waals surface area contributed by atoms with Crippen LogP contribution in [0.1, 0.15) is 34.5 Å². The van der Waals surface area contributed by atoms with Gasteiger partial charge in [-0.05, 0) is 31.0 Å². The molecule has 0 spiro atoms. The van der Waals surface area contributed by atoms with E-state index in [1.54, 1.807) is 18.2 Å². The van der Waals surface area contributed by atoms with E-state index in [2.05, 4.69) is 15.9 Å². The number of aliphatic hydroxyl groups excluding tert-OH is 2. The van der Waals surface area contributed by atoms with Crippen LogP contribution in [-0.2, 0) is 0 Å². The van der Waals surface area contributed by atoms with E-state index in [4.69, 9.17) is 0 Å². The van der Waals surface area contributed by atoms with Crippen LogP contribution in [0, 0.1) is 6.92 Å². The second-order valence-corrected chi connectivity index (χ2v) is 4.44. The average molecular weight is 287 g/mol. The summed E-state index contributed by atoms with van der Waals surface area (Å²) in [6, 6.07) is 5.12. The summed E-state index contributed by atoms with van der Waals surface area (Å²) in [5.74, 6) is -0.0539. The van der Waals surface area contributed by atoms with Crippen molar-refractivity contribution >= 4 is 21.7 Å². The fourth-order valence-corrected chi connectivity index (χ4v) is 1.82. The summed E-state index contributed by atoms with van der Waals surface area (Å²) in [5, 5.41) is 19.7. The van der Waals surface area contributed by atoms with Crippen LogP contribution in [0.3, 0.4) is 0 Å². The van der Waals surface area contributed by atoms with E-state index in [0.717, 1.165) is 5.56 Å². The second kappa shape index (κ2) is 5.57. The molecule has 0 saturated heterocycles. The minimum Gasteiger partial charge on any atom is -0.389 e. The largest absolute Gasteiger partial charge is 0.389 e. The van der Waals surface area contributed by atoms with Gasteiger partial charge in [0.05, 0.1) is 6.10 Å². The number of Topliss-reactive ketones (excluding diaryl/α,β-unsaturated/α-hetero) is 1. The molecule has 3 nitrogen and oxygen atoms in total. The first-order valence-electron chi connectivity index (χ1n) is 5.01. The Balaban J connectivity index is 3.11. The average Bonchev–Trinajstić information content (AvgIpc) is 2.27. The number of halogens is 1. The van der Waals surface area contributed by atoms with Crippen molar-refractivity contribution in [2.75, 3.05) is 5.33 Å². The van der Waals surface area contributed by atoms with Crippen LogP contribution in [0.25, 0.3) is 0 Å². The molecule has 2 N–H and O–H groups in total.